The van der Waals surface area contributed by atoms with Gasteiger partial charge in [0.1, 0.15) is 30.7 Å². The van der Waals surface area contributed by atoms with Crippen molar-refractivity contribution in [2.24, 2.45) is 28.6 Å². The highest BCUT2D eigenvalue weighted by Crippen LogP contribution is 2.78. The van der Waals surface area contributed by atoms with Crippen LogP contribution in [0.2, 0.25) is 0 Å². The molecular formula is C83H131NO13. The fourth-order valence-electron chi connectivity index (χ4n) is 18.4. The second-order valence-electron chi connectivity index (χ2n) is 33.2. The van der Waals surface area contributed by atoms with E-state index in [-0.39, 0.29) is 80.1 Å². The molecular weight excluding hydrogens is 1220 g/mol. The molecule has 546 valence electrons. The molecule has 7 aliphatic rings. The van der Waals surface area contributed by atoms with Crippen LogP contribution in [0.4, 0.5) is 0 Å². The Morgan fingerprint density at radius 1 is 0.639 bits per heavy atom. The van der Waals surface area contributed by atoms with Crippen molar-refractivity contribution in [2.45, 2.75) is 360 Å². The fourth-order valence-corrected chi connectivity index (χ4v) is 18.4. The SMILES string of the molecule is CCCCCCCCCCCCCCCC(=O)OCC(COC(=O)CCCCCCCCCCCCCCC)OC(=O)CC(C)CC(=O)Oc1cc(C)cc(C)c1C(C)(C)CC(=O)Oc1ccc2c3c1O[C@H]1[C@@]4(OC)CC[C@@]5(C[C@@H]4[C@](C)(O)C(C)(C)C)C(C2)N(CC2CC2)CC[C@]315. The van der Waals surface area contributed by atoms with E-state index in [0.717, 1.165) is 101 Å². The number of unbranched alkanes of at least 4 members (excludes halogenated alkanes) is 24. The van der Waals surface area contributed by atoms with Crippen molar-refractivity contribution in [3.63, 3.8) is 0 Å². The Morgan fingerprint density at radius 3 is 1.67 bits per heavy atom. The van der Waals surface area contributed by atoms with E-state index in [4.69, 9.17) is 33.2 Å². The minimum Gasteiger partial charge on any atom is -0.482 e. The summed E-state index contributed by atoms with van der Waals surface area (Å²) < 4.78 is 44.2. The summed E-state index contributed by atoms with van der Waals surface area (Å²) in [4.78, 5) is 71.2. The van der Waals surface area contributed by atoms with Crippen LogP contribution < -0.4 is 14.2 Å². The second-order valence-corrected chi connectivity index (χ2v) is 33.2. The molecule has 8 atom stereocenters. The lowest BCUT2D eigenvalue weighted by molar-refractivity contribution is -0.312. The number of likely N-dealkylation sites (tertiary alicyclic amines) is 1. The fraction of sp³-hybridized carbons (Fsp3) is 0.795. The summed E-state index contributed by atoms with van der Waals surface area (Å²) in [7, 11) is 1.80. The average Bonchev–Trinajstić information content (AvgIpc) is 1.59. The quantitative estimate of drug-likeness (QED) is 0.0287. The van der Waals surface area contributed by atoms with Gasteiger partial charge in [0.25, 0.3) is 0 Å². The van der Waals surface area contributed by atoms with E-state index in [1.807, 2.05) is 52.8 Å². The molecule has 2 aromatic carbocycles. The monoisotopic (exact) mass is 1350 g/mol. The largest absolute Gasteiger partial charge is 0.482 e. The summed E-state index contributed by atoms with van der Waals surface area (Å²) >= 11 is 0. The summed E-state index contributed by atoms with van der Waals surface area (Å²) in [5.74, 6) is -0.951. The highest BCUT2D eigenvalue weighted by atomic mass is 16.6. The molecule has 9 rings (SSSR count). The molecule has 2 aromatic rings. The lowest BCUT2D eigenvalue weighted by atomic mass is 9.33. The van der Waals surface area contributed by atoms with Crippen molar-refractivity contribution in [3.8, 4) is 17.2 Å². The van der Waals surface area contributed by atoms with Gasteiger partial charge >= 0.3 is 29.8 Å². The number of esters is 5. The van der Waals surface area contributed by atoms with Crippen molar-refractivity contribution >= 4 is 29.8 Å². The van der Waals surface area contributed by atoms with Gasteiger partial charge in [-0.05, 0) is 131 Å². The van der Waals surface area contributed by atoms with E-state index in [1.54, 1.807) is 14.0 Å². The van der Waals surface area contributed by atoms with Crippen LogP contribution in [0.25, 0.3) is 0 Å². The first-order valence-corrected chi connectivity index (χ1v) is 39.2. The lowest BCUT2D eigenvalue weighted by Crippen LogP contribution is -2.83. The number of carbonyl (C=O) groups excluding carboxylic acids is 5. The zero-order chi connectivity index (χ0) is 70.0. The third-order valence-corrected chi connectivity index (χ3v) is 24.2. The number of carbonyl (C=O) groups is 5. The van der Waals surface area contributed by atoms with Crippen LogP contribution in [0, 0.1) is 42.4 Å². The number of benzene rings is 2. The lowest BCUT2D eigenvalue weighted by Gasteiger charge is -2.75. The number of rotatable bonds is 46. The Bertz CT molecular complexity index is 2840. The number of hydrogen-bond donors (Lipinski definition) is 1. The van der Waals surface area contributed by atoms with Crippen molar-refractivity contribution in [3.05, 3.63) is 52.1 Å². The Kier molecular flexibility index (Phi) is 28.9. The molecule has 14 nitrogen and oxygen atoms in total. The molecule has 2 spiro atoms. The van der Waals surface area contributed by atoms with E-state index < -0.39 is 52.0 Å². The first kappa shape index (κ1) is 78.2. The van der Waals surface area contributed by atoms with Crippen LogP contribution >= 0.6 is 0 Å². The van der Waals surface area contributed by atoms with Crippen molar-refractivity contribution in [2.75, 3.05) is 33.4 Å². The van der Waals surface area contributed by atoms with E-state index in [2.05, 4.69) is 45.6 Å². The Labute approximate surface area is 586 Å². The topological polar surface area (TPSA) is 173 Å². The van der Waals surface area contributed by atoms with Gasteiger partial charge in [0, 0.05) is 78.7 Å². The number of aryl methyl sites for hydroxylation is 2. The molecule has 0 radical (unpaired) electrons. The zero-order valence-corrected chi connectivity index (χ0v) is 62.8. The maximum Gasteiger partial charge on any atom is 0.312 e. The predicted molar refractivity (Wildman–Crippen MR) is 384 cm³/mol. The van der Waals surface area contributed by atoms with Crippen molar-refractivity contribution in [1.29, 1.82) is 0 Å². The molecule has 0 amide bonds. The molecule has 5 fully saturated rings. The maximum atomic E-state index is 14.7. The molecule has 4 bridgehead atoms. The smallest absolute Gasteiger partial charge is 0.312 e. The summed E-state index contributed by atoms with van der Waals surface area (Å²) in [6.07, 6.45) is 37.0. The third kappa shape index (κ3) is 19.6. The predicted octanol–water partition coefficient (Wildman–Crippen LogP) is 18.9. The molecule has 2 aliphatic heterocycles. The maximum absolute atomic E-state index is 14.7. The molecule has 2 unspecified atom stereocenters. The van der Waals surface area contributed by atoms with Crippen molar-refractivity contribution < 1.29 is 62.2 Å². The summed E-state index contributed by atoms with van der Waals surface area (Å²) in [5.41, 5.74) is 1.17. The molecule has 5 aliphatic carbocycles. The third-order valence-electron chi connectivity index (χ3n) is 24.2. The molecule has 14 heteroatoms. The van der Waals surface area contributed by atoms with Crippen LogP contribution in [-0.4, -0.2) is 103 Å². The van der Waals surface area contributed by atoms with E-state index in [9.17, 15) is 29.1 Å². The van der Waals surface area contributed by atoms with Crippen molar-refractivity contribution in [1.82, 2.24) is 4.90 Å². The minimum absolute atomic E-state index is 0.0415. The Hall–Kier alpha value is -4.53. The number of fused-ring (bicyclic) bond motifs is 2. The molecule has 0 aromatic heterocycles. The van der Waals surface area contributed by atoms with Gasteiger partial charge in [-0.25, -0.2) is 0 Å². The minimum atomic E-state index is -1.07. The van der Waals surface area contributed by atoms with Gasteiger partial charge < -0.3 is 38.3 Å². The summed E-state index contributed by atoms with van der Waals surface area (Å²) in [6.45, 7) is 24.1. The average molecular weight is 1350 g/mol. The molecule has 97 heavy (non-hydrogen) atoms. The van der Waals surface area contributed by atoms with Crippen LogP contribution in [0.5, 0.6) is 17.2 Å². The number of piperidine rings is 1. The number of ether oxygens (including phenoxy) is 7. The van der Waals surface area contributed by atoms with Gasteiger partial charge in [-0.15, -0.1) is 0 Å². The molecule has 2 heterocycles. The number of hydrogen-bond acceptors (Lipinski definition) is 14. The van der Waals surface area contributed by atoms with Crippen LogP contribution in [-0.2, 0) is 60.2 Å². The van der Waals surface area contributed by atoms with Crippen LogP contribution in [0.15, 0.2) is 24.3 Å². The van der Waals surface area contributed by atoms with E-state index in [0.29, 0.717) is 41.7 Å². The summed E-state index contributed by atoms with van der Waals surface area (Å²) in [6, 6.07) is 8.23. The summed E-state index contributed by atoms with van der Waals surface area (Å²) in [5, 5.41) is 12.8. The molecule has 1 saturated heterocycles. The van der Waals surface area contributed by atoms with Gasteiger partial charge in [0.15, 0.2) is 17.6 Å². The Morgan fingerprint density at radius 2 is 1.15 bits per heavy atom. The van der Waals surface area contributed by atoms with E-state index >= 15 is 0 Å². The molecule has 4 saturated carbocycles. The first-order valence-electron chi connectivity index (χ1n) is 39.2. The second kappa shape index (κ2) is 35.9. The van der Waals surface area contributed by atoms with Gasteiger partial charge in [-0.1, -0.05) is 222 Å². The van der Waals surface area contributed by atoms with E-state index in [1.165, 1.54) is 140 Å². The number of nitrogens with zero attached hydrogens (tertiary/aromatic N) is 1. The number of methoxy groups -OCH3 is 1. The van der Waals surface area contributed by atoms with Crippen LogP contribution in [0.1, 0.15) is 328 Å². The molecule has 1 N–H and O–H groups in total. The number of aliphatic hydroxyl groups is 1. The normalized spacial score (nSPS) is 23.3. The highest BCUT2D eigenvalue weighted by molar-refractivity contribution is 5.79. The Balaban J connectivity index is 0.856. The standard InChI is InChI=1S/C83H131NO13/c1-13-15-17-19-21-23-25-27-29-31-33-35-37-39-69(85)92-57-64(58-93-70(86)40-38-36-34-32-30-28-26-24-22-20-18-16-14-2)94-71(87)51-60(4)52-72(88)96-66-50-59(3)49-61(5)74(66)79(9,10)55-73(89)95-65-44-43-63-53-68-81-45-46-83(91-12,67(54-81)80(11,90)78(6,7)8)77-82(81,75(63)76(65)97-77)47-48-84(68)56-62-41-42-62/h43-44,49-50,60,62,64,67-68,77,90H,13-42,45-48,51-58H2,1-12H3/t60?,67-,68?,77-,80+,81-,82+,83-/m1/s1. The van der Waals surface area contributed by atoms with Gasteiger partial charge in [-0.3, -0.25) is 28.9 Å². The first-order chi connectivity index (χ1) is 46.4. The van der Waals surface area contributed by atoms with Gasteiger partial charge in [0.2, 0.25) is 0 Å². The van der Waals surface area contributed by atoms with Gasteiger partial charge in [0.05, 0.1) is 12.0 Å². The highest BCUT2D eigenvalue weighted by Gasteiger charge is 2.82. The van der Waals surface area contributed by atoms with Gasteiger partial charge in [-0.2, -0.15) is 0 Å². The van der Waals surface area contributed by atoms with Crippen LogP contribution in [0.3, 0.4) is 0 Å². The zero-order valence-electron chi connectivity index (χ0n) is 62.8.